The van der Waals surface area contributed by atoms with Crippen LogP contribution in [0.4, 0.5) is 0 Å². The van der Waals surface area contributed by atoms with Gasteiger partial charge < -0.3 is 24.4 Å². The molecule has 4 bridgehead atoms. The van der Waals surface area contributed by atoms with Crippen LogP contribution in [0.2, 0.25) is 0 Å². The van der Waals surface area contributed by atoms with E-state index in [1.54, 1.807) is 6.08 Å². The van der Waals surface area contributed by atoms with E-state index in [9.17, 15) is 24.6 Å². The predicted molar refractivity (Wildman–Crippen MR) is 174 cm³/mol. The predicted octanol–water partition coefficient (Wildman–Crippen LogP) is 7.24. The van der Waals surface area contributed by atoms with E-state index >= 15 is 0 Å². The third-order valence-electron chi connectivity index (χ3n) is 10.5. The summed E-state index contributed by atoms with van der Waals surface area (Å²) in [6, 6.07) is 0. The highest BCUT2D eigenvalue weighted by Crippen LogP contribution is 2.68. The van der Waals surface area contributed by atoms with Crippen molar-refractivity contribution in [2.75, 3.05) is 0 Å². The summed E-state index contributed by atoms with van der Waals surface area (Å²) in [7, 11) is 0. The Morgan fingerprint density at radius 2 is 1.70 bits per heavy atom. The number of rotatable bonds is 8. The molecule has 1 aromatic carbocycles. The second kappa shape index (κ2) is 10.6. The van der Waals surface area contributed by atoms with E-state index < -0.39 is 40.1 Å². The number of allylic oxidation sites excluding steroid dienone is 5. The zero-order valence-electron chi connectivity index (χ0n) is 28.0. The maximum atomic E-state index is 14.7. The van der Waals surface area contributed by atoms with E-state index in [0.717, 1.165) is 12.0 Å². The molecule has 244 valence electrons. The van der Waals surface area contributed by atoms with Gasteiger partial charge in [0.15, 0.2) is 22.8 Å². The Bertz CT molecular complexity index is 1730. The second-order valence-corrected chi connectivity index (χ2v) is 14.8. The van der Waals surface area contributed by atoms with E-state index in [2.05, 4.69) is 19.9 Å². The van der Waals surface area contributed by atoms with Gasteiger partial charge in [-0.05, 0) is 93.2 Å². The van der Waals surface area contributed by atoms with Crippen LogP contribution < -0.4 is 9.47 Å². The number of carboxylic acid groups (broad SMARTS) is 1. The van der Waals surface area contributed by atoms with Gasteiger partial charge in [-0.25, -0.2) is 4.79 Å². The fraction of sp³-hybridized carbons (Fsp3) is 0.500. The molecule has 3 aliphatic heterocycles. The van der Waals surface area contributed by atoms with Crippen LogP contribution in [0.25, 0.3) is 6.08 Å². The van der Waals surface area contributed by atoms with Gasteiger partial charge in [0, 0.05) is 35.0 Å². The lowest BCUT2D eigenvalue weighted by atomic mass is 9.51. The highest BCUT2D eigenvalue weighted by Gasteiger charge is 2.81. The summed E-state index contributed by atoms with van der Waals surface area (Å²) in [4.78, 5) is 40.8. The average Bonchev–Trinajstić information content (AvgIpc) is 3.12. The van der Waals surface area contributed by atoms with Crippen LogP contribution >= 0.6 is 0 Å². The molecule has 1 saturated heterocycles. The molecule has 1 spiro atoms. The van der Waals surface area contributed by atoms with Gasteiger partial charge >= 0.3 is 5.97 Å². The number of carbonyl (C=O) groups is 3. The Labute approximate surface area is 270 Å². The van der Waals surface area contributed by atoms with Gasteiger partial charge in [-0.2, -0.15) is 0 Å². The second-order valence-electron chi connectivity index (χ2n) is 14.8. The summed E-state index contributed by atoms with van der Waals surface area (Å²) >= 11 is 0. The summed E-state index contributed by atoms with van der Waals surface area (Å²) in [5.41, 5.74) is -0.952. The van der Waals surface area contributed by atoms with Gasteiger partial charge in [0.05, 0.1) is 11.2 Å². The Morgan fingerprint density at radius 3 is 2.35 bits per heavy atom. The van der Waals surface area contributed by atoms with Crippen LogP contribution in [0.1, 0.15) is 103 Å². The number of phenols is 1. The number of benzene rings is 1. The van der Waals surface area contributed by atoms with Crippen LogP contribution in [-0.4, -0.2) is 50.2 Å². The average molecular weight is 629 g/mol. The number of phenolic OH excluding ortho intramolecular Hbond substituents is 1. The highest BCUT2D eigenvalue weighted by molar-refractivity contribution is 6.19. The van der Waals surface area contributed by atoms with E-state index in [1.165, 1.54) is 18.6 Å². The molecule has 3 aliphatic carbocycles. The Hall–Kier alpha value is -3.91. The fourth-order valence-corrected chi connectivity index (χ4v) is 8.17. The third-order valence-corrected chi connectivity index (χ3v) is 10.5. The Morgan fingerprint density at radius 1 is 1.00 bits per heavy atom. The van der Waals surface area contributed by atoms with Gasteiger partial charge in [0.25, 0.3) is 0 Å². The number of aromatic hydroxyl groups is 1. The van der Waals surface area contributed by atoms with Crippen molar-refractivity contribution in [2.24, 2.45) is 11.8 Å². The summed E-state index contributed by atoms with van der Waals surface area (Å²) in [5.74, 6) is -2.28. The molecule has 1 saturated carbocycles. The molecule has 2 fully saturated rings. The normalized spacial score (nSPS) is 31.2. The summed E-state index contributed by atoms with van der Waals surface area (Å²) in [5, 5.41) is 21.4. The molecular formula is C38H44O8. The number of ether oxygens (including phenoxy) is 3. The molecule has 5 atom stereocenters. The summed E-state index contributed by atoms with van der Waals surface area (Å²) in [6.07, 6.45) is 13.4. The van der Waals surface area contributed by atoms with Gasteiger partial charge in [-0.3, -0.25) is 9.59 Å². The molecule has 8 heteroatoms. The number of aliphatic carboxylic acids is 1. The maximum absolute atomic E-state index is 14.7. The minimum Gasteiger partial charge on any atom is -0.506 e. The number of hydrogen-bond donors (Lipinski definition) is 2. The van der Waals surface area contributed by atoms with Crippen molar-refractivity contribution in [2.45, 2.75) is 110 Å². The summed E-state index contributed by atoms with van der Waals surface area (Å²) in [6.45, 7) is 15.4. The first-order valence-electron chi connectivity index (χ1n) is 16.2. The Kier molecular flexibility index (Phi) is 7.36. The largest absolute Gasteiger partial charge is 0.506 e. The van der Waals surface area contributed by atoms with E-state index in [4.69, 9.17) is 14.2 Å². The van der Waals surface area contributed by atoms with Crippen molar-refractivity contribution < 1.29 is 38.8 Å². The summed E-state index contributed by atoms with van der Waals surface area (Å²) < 4.78 is 20.6. The monoisotopic (exact) mass is 628 g/mol. The van der Waals surface area contributed by atoms with E-state index in [-0.39, 0.29) is 40.8 Å². The van der Waals surface area contributed by atoms with Crippen molar-refractivity contribution >= 4 is 23.6 Å². The number of carbonyl (C=O) groups excluding carboxylic acids is 2. The molecule has 1 unspecified atom stereocenters. The molecule has 3 heterocycles. The smallest absolute Gasteiger partial charge is 0.330 e. The SMILES string of the molecule is CC(C)=CCC[C@]1(C)C=Cc2c(O)c3c(c(CC=C(C)C)c2O1)O[C@@]12C(=C[C@@H]4CC1C(C)(C)O[C@]2(C/C=C(/C)C(=O)O)C4=O)C3=O. The first-order chi connectivity index (χ1) is 21.5. The fourth-order valence-electron chi connectivity index (χ4n) is 8.17. The van der Waals surface area contributed by atoms with Crippen LogP contribution in [0.15, 0.2) is 52.7 Å². The van der Waals surface area contributed by atoms with Gasteiger partial charge in [-0.15, -0.1) is 0 Å². The lowest BCUT2D eigenvalue weighted by Gasteiger charge is -2.56. The minimum absolute atomic E-state index is 0.0544. The van der Waals surface area contributed by atoms with Crippen LogP contribution in [0.3, 0.4) is 0 Å². The van der Waals surface area contributed by atoms with Crippen LogP contribution in [-0.2, 0) is 20.7 Å². The zero-order valence-corrected chi connectivity index (χ0v) is 28.0. The van der Waals surface area contributed by atoms with Crippen LogP contribution in [0, 0.1) is 11.8 Å². The Balaban J connectivity index is 1.59. The standard InChI is InChI=1S/C38H44O8/c1-20(2)10-9-15-36(8)16-14-24-29(39)28-30(40)26-18-23-19-27-35(6,7)46-37(33(23)41,17-13-22(5)34(42)43)38(26,27)45-32(28)25(31(24)44-36)12-11-21(3)4/h10-11,13-14,16,18,23,27,39H,9,12,15,17,19H2,1-8H3,(H,42,43)/b22-13-/t23-,27?,36-,37-,38+/m1/s1. The molecule has 2 N–H and O–H groups in total. The number of Topliss-reactive ketones (excluding diaryl/α,β-unsaturated/α-hetero) is 2. The first kappa shape index (κ1) is 32.0. The molecule has 0 radical (unpaired) electrons. The molecule has 0 aromatic heterocycles. The number of hydrogen-bond acceptors (Lipinski definition) is 7. The van der Waals surface area contributed by atoms with Crippen molar-refractivity contribution in [3.05, 3.63) is 69.4 Å². The first-order valence-corrected chi connectivity index (χ1v) is 16.2. The van der Waals surface area contributed by atoms with Crippen molar-refractivity contribution in [1.82, 2.24) is 0 Å². The van der Waals surface area contributed by atoms with E-state index in [0.29, 0.717) is 41.7 Å². The molecule has 8 nitrogen and oxygen atoms in total. The molecule has 46 heavy (non-hydrogen) atoms. The zero-order chi connectivity index (χ0) is 33.6. The maximum Gasteiger partial charge on any atom is 0.330 e. The highest BCUT2D eigenvalue weighted by atomic mass is 16.6. The van der Waals surface area contributed by atoms with Crippen molar-refractivity contribution in [3.8, 4) is 17.2 Å². The lowest BCUT2D eigenvalue weighted by molar-refractivity contribution is -0.171. The van der Waals surface area contributed by atoms with Crippen LogP contribution in [0.5, 0.6) is 17.2 Å². The van der Waals surface area contributed by atoms with Crippen molar-refractivity contribution in [3.63, 3.8) is 0 Å². The molecule has 7 rings (SSSR count). The van der Waals surface area contributed by atoms with Gasteiger partial charge in [-0.1, -0.05) is 35.5 Å². The lowest BCUT2D eigenvalue weighted by Crippen LogP contribution is -2.72. The van der Waals surface area contributed by atoms with Crippen molar-refractivity contribution in [1.29, 1.82) is 0 Å². The van der Waals surface area contributed by atoms with E-state index in [1.807, 2.05) is 52.8 Å². The quantitative estimate of drug-likeness (QED) is 0.228. The third kappa shape index (κ3) is 4.47. The topological polar surface area (TPSA) is 119 Å². The molecule has 0 amide bonds. The number of carboxylic acids is 1. The van der Waals surface area contributed by atoms with Gasteiger partial charge in [0.2, 0.25) is 0 Å². The number of fused-ring (bicyclic) bond motifs is 2. The molecule has 1 aromatic rings. The molecule has 6 aliphatic rings. The number of ketones is 2. The molecular weight excluding hydrogens is 584 g/mol. The van der Waals surface area contributed by atoms with Gasteiger partial charge in [0.1, 0.15) is 28.4 Å². The minimum atomic E-state index is -1.63.